The summed E-state index contributed by atoms with van der Waals surface area (Å²) in [6.07, 6.45) is 1.98. The number of nitro benzene ring substituents is 1. The number of nitriles is 1. The Morgan fingerprint density at radius 3 is 2.45 bits per heavy atom. The predicted octanol–water partition coefficient (Wildman–Crippen LogP) is 6.23. The van der Waals surface area contributed by atoms with Crippen LogP contribution in [0, 0.1) is 21.4 Å². The number of nitrogens with one attached hydrogen (secondary N) is 1. The molecule has 0 aliphatic heterocycles. The summed E-state index contributed by atoms with van der Waals surface area (Å²) >= 11 is 3.22. The van der Waals surface area contributed by atoms with Crippen molar-refractivity contribution in [3.05, 3.63) is 50.5 Å². The number of halogens is 1. The molecule has 0 saturated carbocycles. The summed E-state index contributed by atoms with van der Waals surface area (Å²) in [5, 5.41) is 31.5. The standard InChI is InChI=1S/C21H23BrN6O3/c1-4-8-27(9-5-2)16-6-7-19(20(12-16)24-14(3)29)25-26-21-15(13-23)10-17(28(30)31)11-18(21)22/h6-7,10-12H,4-5,8-9H2,1-3H3,(H,24,29). The van der Waals surface area contributed by atoms with Gasteiger partial charge in [-0.2, -0.15) is 5.26 Å². The van der Waals surface area contributed by atoms with Crippen LogP contribution in [0.5, 0.6) is 0 Å². The number of hydrogen-bond acceptors (Lipinski definition) is 7. The van der Waals surface area contributed by atoms with Crippen molar-refractivity contribution >= 4 is 50.3 Å². The molecule has 0 heterocycles. The molecule has 10 heteroatoms. The number of non-ortho nitro benzene ring substituents is 1. The van der Waals surface area contributed by atoms with Gasteiger partial charge in [0.25, 0.3) is 5.69 Å². The van der Waals surface area contributed by atoms with Gasteiger partial charge in [0.2, 0.25) is 5.91 Å². The third-order valence-corrected chi connectivity index (χ3v) is 4.88. The van der Waals surface area contributed by atoms with Crippen molar-refractivity contribution in [3.63, 3.8) is 0 Å². The first kappa shape index (κ1) is 24.0. The van der Waals surface area contributed by atoms with Gasteiger partial charge in [-0.05, 0) is 47.0 Å². The van der Waals surface area contributed by atoms with E-state index in [1.165, 1.54) is 13.0 Å². The van der Waals surface area contributed by atoms with Crippen molar-refractivity contribution in [1.82, 2.24) is 0 Å². The third kappa shape index (κ3) is 6.33. The zero-order chi connectivity index (χ0) is 23.0. The largest absolute Gasteiger partial charge is 0.371 e. The van der Waals surface area contributed by atoms with Gasteiger partial charge in [0.15, 0.2) is 0 Å². The number of nitrogens with zero attached hydrogens (tertiary/aromatic N) is 5. The number of carbonyl (C=O) groups is 1. The van der Waals surface area contributed by atoms with Crippen molar-refractivity contribution in [1.29, 1.82) is 5.26 Å². The summed E-state index contributed by atoms with van der Waals surface area (Å²) in [7, 11) is 0. The Hall–Kier alpha value is -3.32. The number of amides is 1. The third-order valence-electron chi connectivity index (χ3n) is 4.28. The van der Waals surface area contributed by atoms with Gasteiger partial charge in [0.1, 0.15) is 17.4 Å². The van der Waals surface area contributed by atoms with Gasteiger partial charge in [-0.3, -0.25) is 14.9 Å². The summed E-state index contributed by atoms with van der Waals surface area (Å²) in [6.45, 7) is 7.39. The molecule has 0 saturated heterocycles. The molecular formula is C21H23BrN6O3. The van der Waals surface area contributed by atoms with Crippen molar-refractivity contribution < 1.29 is 9.72 Å². The van der Waals surface area contributed by atoms with E-state index in [-0.39, 0.29) is 27.3 Å². The summed E-state index contributed by atoms with van der Waals surface area (Å²) in [5.74, 6) is -0.250. The van der Waals surface area contributed by atoms with Crippen molar-refractivity contribution in [2.24, 2.45) is 10.2 Å². The van der Waals surface area contributed by atoms with Crippen LogP contribution in [0.3, 0.4) is 0 Å². The molecule has 0 aliphatic carbocycles. The van der Waals surface area contributed by atoms with E-state index in [4.69, 9.17) is 0 Å². The van der Waals surface area contributed by atoms with E-state index in [2.05, 4.69) is 50.2 Å². The van der Waals surface area contributed by atoms with Crippen LogP contribution in [0.1, 0.15) is 39.2 Å². The number of carbonyl (C=O) groups excluding carboxylic acids is 1. The summed E-state index contributed by atoms with van der Waals surface area (Å²) in [6, 6.07) is 9.80. The minimum Gasteiger partial charge on any atom is -0.371 e. The second-order valence-corrected chi connectivity index (χ2v) is 7.62. The molecule has 2 aromatic carbocycles. The van der Waals surface area contributed by atoms with Crippen LogP contribution in [-0.4, -0.2) is 23.9 Å². The lowest BCUT2D eigenvalue weighted by molar-refractivity contribution is -0.384. The minimum atomic E-state index is -0.585. The first-order chi connectivity index (χ1) is 14.8. The zero-order valence-corrected chi connectivity index (χ0v) is 19.1. The van der Waals surface area contributed by atoms with Gasteiger partial charge in [-0.1, -0.05) is 13.8 Å². The van der Waals surface area contributed by atoms with Crippen molar-refractivity contribution in [2.45, 2.75) is 33.6 Å². The van der Waals surface area contributed by atoms with Gasteiger partial charge >= 0.3 is 0 Å². The molecule has 162 valence electrons. The lowest BCUT2D eigenvalue weighted by Gasteiger charge is -2.24. The Balaban J connectivity index is 2.49. The van der Waals surface area contributed by atoms with E-state index >= 15 is 0 Å². The summed E-state index contributed by atoms with van der Waals surface area (Å²) < 4.78 is 0.275. The van der Waals surface area contributed by atoms with E-state index in [0.717, 1.165) is 37.7 Å². The fraction of sp³-hybridized carbons (Fsp3) is 0.333. The van der Waals surface area contributed by atoms with Crippen LogP contribution >= 0.6 is 15.9 Å². The Morgan fingerprint density at radius 1 is 1.23 bits per heavy atom. The SMILES string of the molecule is CCCN(CCC)c1ccc(N=Nc2c(Br)cc([N+](=O)[O-])cc2C#N)c(NC(C)=O)c1. The smallest absolute Gasteiger partial charge is 0.272 e. The van der Waals surface area contributed by atoms with Gasteiger partial charge in [0.05, 0.1) is 20.6 Å². The van der Waals surface area contributed by atoms with E-state index in [9.17, 15) is 20.2 Å². The predicted molar refractivity (Wildman–Crippen MR) is 123 cm³/mol. The topological polar surface area (TPSA) is 124 Å². The molecule has 2 aromatic rings. The number of rotatable bonds is 9. The maximum atomic E-state index is 11.7. The van der Waals surface area contributed by atoms with Crippen LogP contribution in [-0.2, 0) is 4.79 Å². The second kappa shape index (κ2) is 11.2. The second-order valence-electron chi connectivity index (χ2n) is 6.76. The molecule has 2 rings (SSSR count). The quantitative estimate of drug-likeness (QED) is 0.255. The summed E-state index contributed by atoms with van der Waals surface area (Å²) in [5.41, 5.74) is 1.81. The highest BCUT2D eigenvalue weighted by Crippen LogP contribution is 2.36. The van der Waals surface area contributed by atoms with E-state index in [1.54, 1.807) is 6.07 Å². The number of nitro groups is 1. The fourth-order valence-electron chi connectivity index (χ4n) is 2.99. The first-order valence-corrected chi connectivity index (χ1v) is 10.6. The average Bonchev–Trinajstić information content (AvgIpc) is 2.72. The van der Waals surface area contributed by atoms with E-state index in [1.807, 2.05) is 18.2 Å². The molecule has 31 heavy (non-hydrogen) atoms. The van der Waals surface area contributed by atoms with Crippen molar-refractivity contribution in [2.75, 3.05) is 23.3 Å². The van der Waals surface area contributed by atoms with Crippen LogP contribution in [0.4, 0.5) is 28.4 Å². The molecule has 0 unspecified atom stereocenters. The monoisotopic (exact) mass is 486 g/mol. The first-order valence-electron chi connectivity index (χ1n) is 9.77. The fourth-order valence-corrected chi connectivity index (χ4v) is 3.52. The molecule has 1 N–H and O–H groups in total. The molecule has 9 nitrogen and oxygen atoms in total. The molecule has 0 spiro atoms. The average molecular weight is 487 g/mol. The van der Waals surface area contributed by atoms with Crippen LogP contribution in [0.25, 0.3) is 0 Å². The Bertz CT molecular complexity index is 1040. The number of hydrogen-bond donors (Lipinski definition) is 1. The minimum absolute atomic E-state index is 0.0135. The van der Waals surface area contributed by atoms with Crippen LogP contribution in [0.2, 0.25) is 0 Å². The van der Waals surface area contributed by atoms with Crippen LogP contribution in [0.15, 0.2) is 45.0 Å². The molecule has 0 radical (unpaired) electrons. The molecule has 1 amide bonds. The Kier molecular flexibility index (Phi) is 8.63. The maximum Gasteiger partial charge on any atom is 0.272 e. The Labute approximate surface area is 189 Å². The highest BCUT2D eigenvalue weighted by molar-refractivity contribution is 9.10. The lowest BCUT2D eigenvalue weighted by atomic mass is 10.2. The van der Waals surface area contributed by atoms with Gasteiger partial charge < -0.3 is 10.2 Å². The molecule has 0 fully saturated rings. The molecule has 0 aliphatic rings. The highest BCUT2D eigenvalue weighted by atomic mass is 79.9. The number of benzene rings is 2. The highest BCUT2D eigenvalue weighted by Gasteiger charge is 2.16. The number of anilines is 2. The zero-order valence-electron chi connectivity index (χ0n) is 17.6. The number of azo groups is 1. The molecule has 0 aromatic heterocycles. The summed E-state index contributed by atoms with van der Waals surface area (Å²) in [4.78, 5) is 24.4. The van der Waals surface area contributed by atoms with Gasteiger partial charge in [-0.15, -0.1) is 10.2 Å². The lowest BCUT2D eigenvalue weighted by Crippen LogP contribution is -2.24. The van der Waals surface area contributed by atoms with Crippen molar-refractivity contribution in [3.8, 4) is 6.07 Å². The molecule has 0 atom stereocenters. The maximum absolute atomic E-state index is 11.7. The normalized spacial score (nSPS) is 10.7. The molecular weight excluding hydrogens is 464 g/mol. The van der Waals surface area contributed by atoms with E-state index in [0.29, 0.717) is 11.4 Å². The molecule has 0 bridgehead atoms. The van der Waals surface area contributed by atoms with Gasteiger partial charge in [0, 0.05) is 37.8 Å². The van der Waals surface area contributed by atoms with Gasteiger partial charge in [-0.25, -0.2) is 0 Å². The van der Waals surface area contributed by atoms with Crippen LogP contribution < -0.4 is 10.2 Å². The Morgan fingerprint density at radius 2 is 1.90 bits per heavy atom. The van der Waals surface area contributed by atoms with E-state index < -0.39 is 4.92 Å².